The fourth-order valence-electron chi connectivity index (χ4n) is 9.20. The van der Waals surface area contributed by atoms with Gasteiger partial charge in [0.2, 0.25) is 0 Å². The molecule has 0 nitrogen and oxygen atoms in total. The highest BCUT2D eigenvalue weighted by Crippen LogP contribution is 2.52. The van der Waals surface area contributed by atoms with Gasteiger partial charge in [-0.15, -0.1) is 0 Å². The molecule has 0 aliphatic carbocycles. The Balaban J connectivity index is 1.30. The van der Waals surface area contributed by atoms with Gasteiger partial charge in [-0.25, -0.2) is 0 Å². The van der Waals surface area contributed by atoms with E-state index in [-0.39, 0.29) is 0 Å². The van der Waals surface area contributed by atoms with Crippen LogP contribution in [0.4, 0.5) is 0 Å². The van der Waals surface area contributed by atoms with E-state index < -0.39 is 0 Å². The molecule has 11 rings (SSSR count). The van der Waals surface area contributed by atoms with Crippen LogP contribution in [0, 0.1) is 0 Å². The highest BCUT2D eigenvalue weighted by Gasteiger charge is 2.24. The molecule has 0 heteroatoms. The van der Waals surface area contributed by atoms with E-state index in [9.17, 15) is 0 Å². The normalized spacial score (nSPS) is 11.7. The minimum Gasteiger partial charge on any atom is -0.0622 e. The van der Waals surface area contributed by atoms with Crippen LogP contribution in [0.15, 0.2) is 206 Å². The van der Waals surface area contributed by atoms with E-state index >= 15 is 0 Å². The molecule has 0 aliphatic rings. The Bertz CT molecular complexity index is 3120. The Kier molecular flexibility index (Phi) is 6.97. The van der Waals surface area contributed by atoms with Crippen LogP contribution in [0.1, 0.15) is 0 Å². The molecule has 0 unspecified atom stereocenters. The maximum absolute atomic E-state index is 2.40. The highest BCUT2D eigenvalue weighted by molar-refractivity contribution is 6.41. The molecule has 11 aromatic rings. The summed E-state index contributed by atoms with van der Waals surface area (Å²) in [5.74, 6) is 0. The summed E-state index contributed by atoms with van der Waals surface area (Å²) in [7, 11) is 0. The van der Waals surface area contributed by atoms with E-state index in [1.165, 1.54) is 109 Å². The molecule has 0 aliphatic heterocycles. The lowest BCUT2D eigenvalue weighted by Crippen LogP contribution is -1.96. The summed E-state index contributed by atoms with van der Waals surface area (Å²) >= 11 is 0. The molecule has 54 heavy (non-hydrogen) atoms. The number of hydrogen-bond donors (Lipinski definition) is 0. The monoisotopic (exact) mass is 682 g/mol. The molecule has 0 spiro atoms. The summed E-state index contributed by atoms with van der Waals surface area (Å²) < 4.78 is 0. The summed E-state index contributed by atoms with van der Waals surface area (Å²) in [5, 5.41) is 13.0. The molecule has 0 saturated carbocycles. The number of hydrogen-bond acceptors (Lipinski definition) is 0. The van der Waals surface area contributed by atoms with Crippen LogP contribution in [-0.2, 0) is 0 Å². The average Bonchev–Trinajstić information content (AvgIpc) is 3.25. The van der Waals surface area contributed by atoms with Crippen LogP contribution >= 0.6 is 0 Å². The van der Waals surface area contributed by atoms with Crippen molar-refractivity contribution in [1.82, 2.24) is 0 Å². The molecule has 0 aromatic heterocycles. The highest BCUT2D eigenvalue weighted by atomic mass is 14.3. The van der Waals surface area contributed by atoms with Gasteiger partial charge in [-0.2, -0.15) is 0 Å². The topological polar surface area (TPSA) is 0 Å². The van der Waals surface area contributed by atoms with Gasteiger partial charge in [0.25, 0.3) is 0 Å². The van der Waals surface area contributed by atoms with E-state index in [1.54, 1.807) is 0 Å². The number of benzene rings is 11. The standard InChI is InChI=1S/C54H34/c1-4-17-35(18-5-1)38-23-10-11-24-41(38)42-33-34-49-50-43(42)29-15-30-44(50)47-31-16-32-48-52(45-25-12-13-26-46(45)54(49)53(47)48)51-39(36-19-6-2-7-20-36)27-14-28-40(51)37-21-8-3-9-22-37/h1-34H. The van der Waals surface area contributed by atoms with Crippen molar-refractivity contribution in [2.45, 2.75) is 0 Å². The van der Waals surface area contributed by atoms with Crippen LogP contribution in [0.2, 0.25) is 0 Å². The van der Waals surface area contributed by atoms with Crippen LogP contribution in [0.3, 0.4) is 0 Å². The van der Waals surface area contributed by atoms with Crippen molar-refractivity contribution in [2.75, 3.05) is 0 Å². The molecule has 0 bridgehead atoms. The van der Waals surface area contributed by atoms with Crippen molar-refractivity contribution in [3.8, 4) is 55.6 Å². The fraction of sp³-hybridized carbons (Fsp3) is 0. The maximum atomic E-state index is 2.40. The van der Waals surface area contributed by atoms with Crippen molar-refractivity contribution in [3.63, 3.8) is 0 Å². The molecule has 11 aromatic carbocycles. The minimum absolute atomic E-state index is 1.22. The summed E-state index contributed by atoms with van der Waals surface area (Å²) in [6.07, 6.45) is 0. The molecule has 0 heterocycles. The van der Waals surface area contributed by atoms with Gasteiger partial charge >= 0.3 is 0 Å². The molecule has 0 amide bonds. The Hall–Kier alpha value is -7.02. The molecule has 0 radical (unpaired) electrons. The molecule has 0 atom stereocenters. The van der Waals surface area contributed by atoms with Gasteiger partial charge < -0.3 is 0 Å². The molecule has 250 valence electrons. The predicted octanol–water partition coefficient (Wildman–Crippen LogP) is 15.2. The molecule has 0 N–H and O–H groups in total. The van der Waals surface area contributed by atoms with Crippen LogP contribution in [0.25, 0.3) is 109 Å². The van der Waals surface area contributed by atoms with Gasteiger partial charge in [0.05, 0.1) is 0 Å². The molecule has 0 fully saturated rings. The van der Waals surface area contributed by atoms with Gasteiger partial charge in [-0.05, 0) is 109 Å². The second-order valence-electron chi connectivity index (χ2n) is 14.3. The fourth-order valence-corrected chi connectivity index (χ4v) is 9.20. The Labute approximate surface area is 314 Å². The number of fused-ring (bicyclic) bond motifs is 4. The van der Waals surface area contributed by atoms with Crippen molar-refractivity contribution in [1.29, 1.82) is 0 Å². The average molecular weight is 683 g/mol. The quantitative estimate of drug-likeness (QED) is 0.125. The summed E-state index contributed by atoms with van der Waals surface area (Å²) in [6.45, 7) is 0. The zero-order chi connectivity index (χ0) is 35.6. The second kappa shape index (κ2) is 12.3. The van der Waals surface area contributed by atoms with Crippen molar-refractivity contribution >= 4 is 53.9 Å². The van der Waals surface area contributed by atoms with Gasteiger partial charge in [0, 0.05) is 0 Å². The van der Waals surface area contributed by atoms with E-state index in [0.29, 0.717) is 0 Å². The first-order chi connectivity index (χ1) is 26.8. The first kappa shape index (κ1) is 30.6. The Morgan fingerprint density at radius 2 is 0.574 bits per heavy atom. The van der Waals surface area contributed by atoms with Gasteiger partial charge in [-0.3, -0.25) is 0 Å². The Morgan fingerprint density at radius 3 is 1.22 bits per heavy atom. The zero-order valence-electron chi connectivity index (χ0n) is 29.6. The van der Waals surface area contributed by atoms with E-state index in [1.807, 2.05) is 0 Å². The van der Waals surface area contributed by atoms with Crippen LogP contribution < -0.4 is 0 Å². The third-order valence-corrected chi connectivity index (χ3v) is 11.4. The van der Waals surface area contributed by atoms with E-state index in [0.717, 1.165) is 0 Å². The Morgan fingerprint density at radius 1 is 0.167 bits per heavy atom. The lowest BCUT2D eigenvalue weighted by Gasteiger charge is -2.23. The van der Waals surface area contributed by atoms with Gasteiger partial charge in [0.15, 0.2) is 0 Å². The summed E-state index contributed by atoms with van der Waals surface area (Å²) in [5.41, 5.74) is 12.5. The number of rotatable bonds is 5. The molecule has 0 saturated heterocycles. The summed E-state index contributed by atoms with van der Waals surface area (Å²) in [4.78, 5) is 0. The first-order valence-electron chi connectivity index (χ1n) is 18.8. The third-order valence-electron chi connectivity index (χ3n) is 11.4. The SMILES string of the molecule is c1ccc(-c2ccccc2-c2ccc3c4c2cccc4c2cccc4c(-c5c(-c6ccccc6)cccc5-c5ccccc5)c5ccccc5c3c42)cc1. The largest absolute Gasteiger partial charge is 0.0622 e. The van der Waals surface area contributed by atoms with Gasteiger partial charge in [-0.1, -0.05) is 206 Å². The van der Waals surface area contributed by atoms with Crippen molar-refractivity contribution in [3.05, 3.63) is 206 Å². The van der Waals surface area contributed by atoms with Gasteiger partial charge in [0.1, 0.15) is 0 Å². The van der Waals surface area contributed by atoms with Crippen molar-refractivity contribution < 1.29 is 0 Å². The lowest BCUT2D eigenvalue weighted by molar-refractivity contribution is 1.58. The first-order valence-corrected chi connectivity index (χ1v) is 18.8. The smallest absolute Gasteiger partial charge is 0.00137 e. The minimum atomic E-state index is 1.22. The van der Waals surface area contributed by atoms with Crippen molar-refractivity contribution in [2.24, 2.45) is 0 Å². The van der Waals surface area contributed by atoms with E-state index in [2.05, 4.69) is 206 Å². The van der Waals surface area contributed by atoms with Crippen LogP contribution in [0.5, 0.6) is 0 Å². The van der Waals surface area contributed by atoms with Crippen LogP contribution in [-0.4, -0.2) is 0 Å². The second-order valence-corrected chi connectivity index (χ2v) is 14.3. The zero-order valence-corrected chi connectivity index (χ0v) is 29.6. The summed E-state index contributed by atoms with van der Waals surface area (Å²) in [6, 6.07) is 75.9. The molecular weight excluding hydrogens is 649 g/mol. The third kappa shape index (κ3) is 4.57. The molecular formula is C54H34. The maximum Gasteiger partial charge on any atom is -0.00137 e. The predicted molar refractivity (Wildman–Crippen MR) is 232 cm³/mol. The van der Waals surface area contributed by atoms with E-state index in [4.69, 9.17) is 0 Å². The lowest BCUT2D eigenvalue weighted by atomic mass is 9.79.